The quantitative estimate of drug-likeness (QED) is 0.922. The molecule has 0 amide bonds. The second-order valence-corrected chi connectivity index (χ2v) is 6.55. The number of anilines is 1. The normalized spacial score (nSPS) is 21.1. The first-order valence-corrected chi connectivity index (χ1v) is 8.30. The average Bonchev–Trinajstić information content (AvgIpc) is 3.01. The van der Waals surface area contributed by atoms with Gasteiger partial charge < -0.3 is 14.9 Å². The van der Waals surface area contributed by atoms with E-state index in [4.69, 9.17) is 0 Å². The van der Waals surface area contributed by atoms with Gasteiger partial charge in [0.15, 0.2) is 0 Å². The maximum Gasteiger partial charge on any atom is 0.0717 e. The predicted molar refractivity (Wildman–Crippen MR) is 85.5 cm³/mol. The largest absolute Gasteiger partial charge is 0.392 e. The Balaban J connectivity index is 1.59. The highest BCUT2D eigenvalue weighted by atomic mass is 16.3. The fourth-order valence-corrected chi connectivity index (χ4v) is 3.68. The number of nitrogens with zero attached hydrogens (tertiary/aromatic N) is 3. The third-order valence-electron chi connectivity index (χ3n) is 4.94. The maximum atomic E-state index is 9.51. The fourth-order valence-electron chi connectivity index (χ4n) is 3.68. The second kappa shape index (κ2) is 6.75. The van der Waals surface area contributed by atoms with Crippen molar-refractivity contribution in [3.63, 3.8) is 0 Å². The van der Waals surface area contributed by atoms with Gasteiger partial charge in [0.25, 0.3) is 0 Å². The highest BCUT2D eigenvalue weighted by molar-refractivity contribution is 5.53. The Morgan fingerprint density at radius 2 is 1.90 bits per heavy atom. The van der Waals surface area contributed by atoms with Crippen molar-refractivity contribution in [2.24, 2.45) is 5.92 Å². The zero-order chi connectivity index (χ0) is 14.7. The fraction of sp³-hybridized carbons (Fsp3) is 0.706. The number of aliphatic hydroxyl groups is 1. The van der Waals surface area contributed by atoms with Crippen molar-refractivity contribution >= 4 is 5.69 Å². The average molecular weight is 289 g/mol. The number of aliphatic hydroxyl groups excluding tert-OH is 1. The van der Waals surface area contributed by atoms with Crippen LogP contribution < -0.4 is 4.90 Å². The van der Waals surface area contributed by atoms with Crippen LogP contribution in [0.1, 0.15) is 36.9 Å². The molecule has 0 atom stereocenters. The number of hydrogen-bond donors (Lipinski definition) is 1. The van der Waals surface area contributed by atoms with E-state index >= 15 is 0 Å². The summed E-state index contributed by atoms with van der Waals surface area (Å²) in [5.74, 6) is 0.847. The van der Waals surface area contributed by atoms with Crippen molar-refractivity contribution in [1.82, 2.24) is 9.88 Å². The van der Waals surface area contributed by atoms with E-state index in [1.165, 1.54) is 51.0 Å². The van der Waals surface area contributed by atoms with Crippen LogP contribution in [0.2, 0.25) is 0 Å². The number of pyridine rings is 1. The van der Waals surface area contributed by atoms with Crippen LogP contribution in [-0.2, 0) is 6.61 Å². The molecule has 0 unspecified atom stereocenters. The van der Waals surface area contributed by atoms with Gasteiger partial charge in [0.1, 0.15) is 0 Å². The molecule has 2 fully saturated rings. The highest BCUT2D eigenvalue weighted by Gasteiger charge is 2.24. The van der Waals surface area contributed by atoms with Gasteiger partial charge in [-0.25, -0.2) is 0 Å². The summed E-state index contributed by atoms with van der Waals surface area (Å²) in [6.07, 6.45) is 7.12. The van der Waals surface area contributed by atoms with Crippen LogP contribution in [-0.4, -0.2) is 47.7 Å². The summed E-state index contributed by atoms with van der Waals surface area (Å²) >= 11 is 0. The van der Waals surface area contributed by atoms with Gasteiger partial charge in [0, 0.05) is 42.8 Å². The molecule has 1 aromatic heterocycles. The molecule has 4 heteroatoms. The molecule has 2 saturated heterocycles. The first-order chi connectivity index (χ1) is 10.3. The minimum Gasteiger partial charge on any atom is -0.392 e. The summed E-state index contributed by atoms with van der Waals surface area (Å²) in [6, 6.07) is 2.12. The van der Waals surface area contributed by atoms with Gasteiger partial charge in [-0.1, -0.05) is 0 Å². The Labute approximate surface area is 127 Å². The van der Waals surface area contributed by atoms with E-state index in [9.17, 15) is 5.11 Å². The lowest BCUT2D eigenvalue weighted by molar-refractivity contribution is 0.248. The molecule has 0 bridgehead atoms. The molecule has 1 aromatic rings. The Hall–Kier alpha value is -1.13. The predicted octanol–water partition coefficient (Wildman–Crippen LogP) is 2.19. The molecule has 0 saturated carbocycles. The van der Waals surface area contributed by atoms with Gasteiger partial charge in [-0.05, 0) is 57.7 Å². The zero-order valence-corrected chi connectivity index (χ0v) is 13.1. The lowest BCUT2D eigenvalue weighted by Gasteiger charge is -2.36. The van der Waals surface area contributed by atoms with Crippen molar-refractivity contribution in [3.05, 3.63) is 23.5 Å². The number of piperidine rings is 1. The van der Waals surface area contributed by atoms with E-state index in [1.807, 2.05) is 13.1 Å². The molecule has 0 radical (unpaired) electrons. The molecule has 0 aliphatic carbocycles. The van der Waals surface area contributed by atoms with Gasteiger partial charge in [0.2, 0.25) is 0 Å². The second-order valence-electron chi connectivity index (χ2n) is 6.55. The van der Waals surface area contributed by atoms with Gasteiger partial charge in [-0.2, -0.15) is 0 Å². The molecule has 1 N–H and O–H groups in total. The number of hydrogen-bond acceptors (Lipinski definition) is 4. The van der Waals surface area contributed by atoms with Crippen LogP contribution in [0, 0.1) is 12.8 Å². The van der Waals surface area contributed by atoms with Gasteiger partial charge in [-0.15, -0.1) is 0 Å². The lowest BCUT2D eigenvalue weighted by Crippen LogP contribution is -2.38. The number of aryl methyl sites for hydroxylation is 1. The van der Waals surface area contributed by atoms with E-state index in [-0.39, 0.29) is 6.61 Å². The first-order valence-electron chi connectivity index (χ1n) is 8.30. The zero-order valence-electron chi connectivity index (χ0n) is 13.1. The van der Waals surface area contributed by atoms with E-state index in [0.717, 1.165) is 30.3 Å². The summed E-state index contributed by atoms with van der Waals surface area (Å²) in [6.45, 7) is 8.21. The number of rotatable bonds is 4. The standard InChI is InChI=1S/C17H27N3O/c1-14-10-17(16(13-21)11-18-14)20-8-4-15(5-9-20)12-19-6-2-3-7-19/h10-11,15,21H,2-9,12-13H2,1H3. The Kier molecular flexibility index (Phi) is 4.76. The van der Waals surface area contributed by atoms with E-state index in [2.05, 4.69) is 20.9 Å². The van der Waals surface area contributed by atoms with Crippen LogP contribution in [0.5, 0.6) is 0 Å². The Bertz CT molecular complexity index is 463. The van der Waals surface area contributed by atoms with Crippen LogP contribution in [0.3, 0.4) is 0 Å². The summed E-state index contributed by atoms with van der Waals surface area (Å²) in [4.78, 5) is 9.36. The van der Waals surface area contributed by atoms with Crippen molar-refractivity contribution in [1.29, 1.82) is 0 Å². The minimum atomic E-state index is 0.0797. The van der Waals surface area contributed by atoms with Gasteiger partial charge >= 0.3 is 0 Å². The minimum absolute atomic E-state index is 0.0797. The maximum absolute atomic E-state index is 9.51. The van der Waals surface area contributed by atoms with Crippen LogP contribution in [0.15, 0.2) is 12.3 Å². The van der Waals surface area contributed by atoms with Crippen molar-refractivity contribution in [3.8, 4) is 0 Å². The molecule has 0 aromatic carbocycles. The molecule has 116 valence electrons. The van der Waals surface area contributed by atoms with Crippen LogP contribution in [0.25, 0.3) is 0 Å². The molecule has 0 spiro atoms. The lowest BCUT2D eigenvalue weighted by atomic mass is 9.95. The third-order valence-corrected chi connectivity index (χ3v) is 4.94. The number of aromatic nitrogens is 1. The molecular formula is C17H27N3O. The monoisotopic (exact) mass is 289 g/mol. The Morgan fingerprint density at radius 1 is 1.19 bits per heavy atom. The van der Waals surface area contributed by atoms with E-state index < -0.39 is 0 Å². The van der Waals surface area contributed by atoms with Gasteiger partial charge in [-0.3, -0.25) is 4.98 Å². The molecule has 4 nitrogen and oxygen atoms in total. The summed E-state index contributed by atoms with van der Waals surface area (Å²) in [5, 5.41) is 9.51. The summed E-state index contributed by atoms with van der Waals surface area (Å²) in [7, 11) is 0. The number of likely N-dealkylation sites (tertiary alicyclic amines) is 1. The molecule has 3 heterocycles. The van der Waals surface area contributed by atoms with Crippen LogP contribution in [0.4, 0.5) is 5.69 Å². The smallest absolute Gasteiger partial charge is 0.0717 e. The molecule has 21 heavy (non-hydrogen) atoms. The molecule has 2 aliphatic rings. The van der Waals surface area contributed by atoms with Crippen molar-refractivity contribution < 1.29 is 5.11 Å². The summed E-state index contributed by atoms with van der Waals surface area (Å²) in [5.41, 5.74) is 3.17. The topological polar surface area (TPSA) is 39.6 Å². The van der Waals surface area contributed by atoms with E-state index in [1.54, 1.807) is 0 Å². The highest BCUT2D eigenvalue weighted by Crippen LogP contribution is 2.27. The molecule has 3 rings (SSSR count). The SMILES string of the molecule is Cc1cc(N2CCC(CN3CCCC3)CC2)c(CO)cn1. The van der Waals surface area contributed by atoms with Gasteiger partial charge in [0.05, 0.1) is 6.61 Å². The van der Waals surface area contributed by atoms with Crippen molar-refractivity contribution in [2.75, 3.05) is 37.6 Å². The van der Waals surface area contributed by atoms with Crippen molar-refractivity contribution in [2.45, 2.75) is 39.2 Å². The molecule has 2 aliphatic heterocycles. The molecular weight excluding hydrogens is 262 g/mol. The summed E-state index contributed by atoms with van der Waals surface area (Å²) < 4.78 is 0. The van der Waals surface area contributed by atoms with E-state index in [0.29, 0.717) is 0 Å². The Morgan fingerprint density at radius 3 is 2.57 bits per heavy atom. The third kappa shape index (κ3) is 3.55. The first kappa shape index (κ1) is 14.8. The van der Waals surface area contributed by atoms with Crippen LogP contribution >= 0.6 is 0 Å².